The molecule has 18 heavy (non-hydrogen) atoms. The first-order valence-electron chi connectivity index (χ1n) is 4.79. The zero-order chi connectivity index (χ0) is 13.3. The van der Waals surface area contributed by atoms with Crippen LogP contribution >= 0.6 is 0 Å². The van der Waals surface area contributed by atoms with E-state index in [0.717, 1.165) is 12.3 Å². The third kappa shape index (κ3) is 2.19. The van der Waals surface area contributed by atoms with E-state index in [1.165, 1.54) is 6.07 Å². The van der Waals surface area contributed by atoms with Crippen molar-refractivity contribution in [3.05, 3.63) is 23.9 Å². The largest absolute Gasteiger partial charge is 0.405 e. The Bertz CT molecular complexity index is 527. The van der Waals surface area contributed by atoms with Gasteiger partial charge in [-0.1, -0.05) is 0 Å². The highest BCUT2D eigenvalue weighted by Crippen LogP contribution is 2.14. The molecule has 0 saturated heterocycles. The highest BCUT2D eigenvalue weighted by atomic mass is 16.6. The minimum absolute atomic E-state index is 0.0789. The molecule has 94 valence electrons. The number of carbonyl (C=O) groups is 3. The molecule has 0 aliphatic carbocycles. The first-order chi connectivity index (χ1) is 8.49. The van der Waals surface area contributed by atoms with E-state index in [0.29, 0.717) is 0 Å². The van der Waals surface area contributed by atoms with Crippen LogP contribution in [-0.2, 0) is 14.3 Å². The second kappa shape index (κ2) is 4.51. The van der Waals surface area contributed by atoms with Gasteiger partial charge in [-0.2, -0.15) is 0 Å². The molecule has 2 unspecified atom stereocenters. The lowest BCUT2D eigenvalue weighted by Crippen LogP contribution is -2.43. The summed E-state index contributed by atoms with van der Waals surface area (Å²) in [7, 11) is 0. The predicted molar refractivity (Wildman–Crippen MR) is 52.3 cm³/mol. The standard InChI is InChI=1S/C10H7NO7/c12-6-7(13)10(16)18-8(14)4-1-2-11-5(3-4)17-9(6)15/h1-3,6-7,12-13H. The van der Waals surface area contributed by atoms with Gasteiger partial charge in [-0.15, -0.1) is 0 Å². The summed E-state index contributed by atoms with van der Waals surface area (Å²) in [6.45, 7) is 0. The van der Waals surface area contributed by atoms with Gasteiger partial charge in [0.05, 0.1) is 5.56 Å². The van der Waals surface area contributed by atoms with Gasteiger partial charge in [0.15, 0.2) is 12.2 Å². The van der Waals surface area contributed by atoms with Crippen molar-refractivity contribution < 1.29 is 34.1 Å². The fourth-order valence-corrected chi connectivity index (χ4v) is 1.22. The van der Waals surface area contributed by atoms with E-state index in [4.69, 9.17) is 0 Å². The molecule has 8 nitrogen and oxygen atoms in total. The second-order valence-electron chi connectivity index (χ2n) is 3.40. The molecule has 0 spiro atoms. The SMILES string of the molecule is O=C1OC(=O)C(O)C(O)C(=O)Oc2cc1ccn2. The summed E-state index contributed by atoms with van der Waals surface area (Å²) >= 11 is 0. The first-order valence-corrected chi connectivity index (χ1v) is 4.79. The number of carbonyl (C=O) groups excluding carboxylic acids is 3. The van der Waals surface area contributed by atoms with E-state index in [1.54, 1.807) is 0 Å². The maximum Gasteiger partial charge on any atom is 0.346 e. The van der Waals surface area contributed by atoms with Gasteiger partial charge < -0.3 is 19.7 Å². The number of pyridine rings is 1. The highest BCUT2D eigenvalue weighted by molar-refractivity contribution is 5.99. The van der Waals surface area contributed by atoms with Gasteiger partial charge in [-0.05, 0) is 6.07 Å². The molecule has 1 aromatic rings. The van der Waals surface area contributed by atoms with E-state index in [2.05, 4.69) is 14.5 Å². The third-order valence-corrected chi connectivity index (χ3v) is 2.15. The van der Waals surface area contributed by atoms with Crippen LogP contribution in [0.25, 0.3) is 0 Å². The summed E-state index contributed by atoms with van der Waals surface area (Å²) in [5, 5.41) is 18.6. The molecular formula is C10H7NO7. The number of aliphatic hydroxyl groups excluding tert-OH is 2. The number of aliphatic hydroxyl groups is 2. The van der Waals surface area contributed by atoms with Crippen LogP contribution in [0.15, 0.2) is 18.3 Å². The first kappa shape index (κ1) is 12.1. The molecule has 0 radical (unpaired) electrons. The smallest absolute Gasteiger partial charge is 0.346 e. The maximum atomic E-state index is 11.4. The van der Waals surface area contributed by atoms with Crippen molar-refractivity contribution in [2.24, 2.45) is 0 Å². The topological polar surface area (TPSA) is 123 Å². The van der Waals surface area contributed by atoms with Crippen molar-refractivity contribution in [1.82, 2.24) is 4.98 Å². The normalized spacial score (nSPS) is 24.2. The van der Waals surface area contributed by atoms with Crippen molar-refractivity contribution in [3.63, 3.8) is 0 Å². The molecule has 2 N–H and O–H groups in total. The van der Waals surface area contributed by atoms with Gasteiger partial charge >= 0.3 is 17.9 Å². The molecule has 2 bridgehead atoms. The Morgan fingerprint density at radius 2 is 1.67 bits per heavy atom. The van der Waals surface area contributed by atoms with Crippen LogP contribution < -0.4 is 4.74 Å². The lowest BCUT2D eigenvalue weighted by Gasteiger charge is -2.16. The average molecular weight is 253 g/mol. The van der Waals surface area contributed by atoms with Crippen molar-refractivity contribution in [3.8, 4) is 5.88 Å². The molecule has 2 rings (SSSR count). The number of hydrogen-bond donors (Lipinski definition) is 2. The number of esters is 3. The lowest BCUT2D eigenvalue weighted by molar-refractivity contribution is -0.164. The Balaban J connectivity index is 2.43. The monoisotopic (exact) mass is 253 g/mol. The Morgan fingerprint density at radius 1 is 1.06 bits per heavy atom. The van der Waals surface area contributed by atoms with E-state index < -0.39 is 30.1 Å². The van der Waals surface area contributed by atoms with Crippen LogP contribution in [0.1, 0.15) is 10.4 Å². The van der Waals surface area contributed by atoms with Crippen LogP contribution in [0, 0.1) is 0 Å². The van der Waals surface area contributed by atoms with Gasteiger partial charge in [0.2, 0.25) is 5.88 Å². The number of hydrogen-bond acceptors (Lipinski definition) is 8. The number of cyclic esters (lactones) is 2. The van der Waals surface area contributed by atoms with E-state index >= 15 is 0 Å². The number of ether oxygens (including phenoxy) is 2. The summed E-state index contributed by atoms with van der Waals surface area (Å²) in [5.41, 5.74) is -0.0789. The fourth-order valence-electron chi connectivity index (χ4n) is 1.22. The van der Waals surface area contributed by atoms with Crippen LogP contribution in [0.2, 0.25) is 0 Å². The molecule has 1 aromatic heterocycles. The van der Waals surface area contributed by atoms with E-state index in [9.17, 15) is 24.6 Å². The second-order valence-corrected chi connectivity index (χ2v) is 3.40. The van der Waals surface area contributed by atoms with Crippen LogP contribution in [0.4, 0.5) is 0 Å². The number of fused-ring (bicyclic) bond motifs is 2. The summed E-state index contributed by atoms with van der Waals surface area (Å²) < 4.78 is 8.86. The molecule has 2 heterocycles. The summed E-state index contributed by atoms with van der Waals surface area (Å²) in [6.07, 6.45) is -3.20. The quantitative estimate of drug-likeness (QED) is 0.419. The van der Waals surface area contributed by atoms with Gasteiger partial charge in [0, 0.05) is 12.3 Å². The Hall–Kier alpha value is -2.32. The zero-order valence-corrected chi connectivity index (χ0v) is 8.77. The zero-order valence-electron chi connectivity index (χ0n) is 8.77. The molecule has 0 amide bonds. The van der Waals surface area contributed by atoms with Gasteiger partial charge in [-0.25, -0.2) is 19.4 Å². The predicted octanol–water partition coefficient (Wildman–Crippen LogP) is -1.59. The van der Waals surface area contributed by atoms with Crippen molar-refractivity contribution >= 4 is 17.9 Å². The summed E-state index contributed by atoms with van der Waals surface area (Å²) in [4.78, 5) is 37.6. The van der Waals surface area contributed by atoms with Crippen molar-refractivity contribution in [2.45, 2.75) is 12.2 Å². The molecule has 0 aromatic carbocycles. The van der Waals surface area contributed by atoms with E-state index in [-0.39, 0.29) is 11.4 Å². The van der Waals surface area contributed by atoms with Crippen molar-refractivity contribution in [2.75, 3.05) is 0 Å². The van der Waals surface area contributed by atoms with Crippen LogP contribution in [0.5, 0.6) is 5.88 Å². The molecule has 8 heteroatoms. The fraction of sp³-hybridized carbons (Fsp3) is 0.200. The summed E-state index contributed by atoms with van der Waals surface area (Å²) in [5.74, 6) is -4.02. The van der Waals surface area contributed by atoms with Crippen LogP contribution in [-0.4, -0.2) is 45.3 Å². The molecule has 0 saturated carbocycles. The molecule has 1 aliphatic heterocycles. The third-order valence-electron chi connectivity index (χ3n) is 2.15. The Kier molecular flexibility index (Phi) is 3.04. The Labute approximate surface area is 99.8 Å². The molecule has 0 fully saturated rings. The van der Waals surface area contributed by atoms with E-state index in [1.807, 2.05) is 0 Å². The lowest BCUT2D eigenvalue weighted by atomic mass is 10.2. The van der Waals surface area contributed by atoms with Crippen molar-refractivity contribution in [1.29, 1.82) is 0 Å². The molecule has 1 aliphatic rings. The average Bonchev–Trinajstić information content (AvgIpc) is 2.36. The van der Waals surface area contributed by atoms with Crippen LogP contribution in [0.3, 0.4) is 0 Å². The minimum atomic E-state index is -2.20. The summed E-state index contributed by atoms with van der Waals surface area (Å²) in [6, 6.07) is 2.30. The highest BCUT2D eigenvalue weighted by Gasteiger charge is 2.35. The Morgan fingerprint density at radius 3 is 2.33 bits per heavy atom. The van der Waals surface area contributed by atoms with Gasteiger partial charge in [-0.3, -0.25) is 0 Å². The van der Waals surface area contributed by atoms with Gasteiger partial charge in [0.25, 0.3) is 0 Å². The minimum Gasteiger partial charge on any atom is -0.405 e. The number of rotatable bonds is 0. The maximum absolute atomic E-state index is 11.4. The molecule has 2 atom stereocenters. The number of nitrogens with zero attached hydrogens (tertiary/aromatic N) is 1. The number of aromatic nitrogens is 1. The van der Waals surface area contributed by atoms with Gasteiger partial charge in [0.1, 0.15) is 0 Å². The molecular weight excluding hydrogens is 246 g/mol.